The molecular weight excluding hydrogens is 344 g/mol. The van der Waals surface area contributed by atoms with Gasteiger partial charge in [0.1, 0.15) is 5.60 Å². The predicted octanol–water partition coefficient (Wildman–Crippen LogP) is 4.13. The fourth-order valence-corrected chi connectivity index (χ4v) is 3.17. The number of fused-ring (bicyclic) bond motifs is 1. The molecule has 0 radical (unpaired) electrons. The van der Waals surface area contributed by atoms with Crippen LogP contribution >= 0.6 is 11.6 Å². The van der Waals surface area contributed by atoms with Gasteiger partial charge in [-0.1, -0.05) is 11.6 Å². The molecule has 0 bridgehead atoms. The lowest BCUT2D eigenvalue weighted by molar-refractivity contribution is 0.0188. The Morgan fingerprint density at radius 3 is 2.56 bits per heavy atom. The Kier molecular flexibility index (Phi) is 5.18. The van der Waals surface area contributed by atoms with E-state index in [0.717, 1.165) is 38.2 Å². The lowest BCUT2D eigenvalue weighted by atomic mass is 9.97. The molecule has 7 heteroatoms. The highest BCUT2D eigenvalue weighted by atomic mass is 35.5. The lowest BCUT2D eigenvalue weighted by Gasteiger charge is -2.33. The fourth-order valence-electron chi connectivity index (χ4n) is 2.95. The minimum atomic E-state index is -0.453. The summed E-state index contributed by atoms with van der Waals surface area (Å²) >= 11 is 6.28. The molecule has 1 aromatic carbocycles. The van der Waals surface area contributed by atoms with Crippen molar-refractivity contribution in [1.29, 1.82) is 0 Å². The second-order valence-electron chi connectivity index (χ2n) is 7.48. The SMILES string of the molecule is CC(C)(C)OC(=O)N1CCC(CNc2cc3c(cc2Cl)OCO3)CC1. The first kappa shape index (κ1) is 18.0. The molecule has 0 atom stereocenters. The van der Waals surface area contributed by atoms with Crippen LogP contribution < -0.4 is 14.8 Å². The zero-order valence-electron chi connectivity index (χ0n) is 14.9. The Morgan fingerprint density at radius 2 is 1.92 bits per heavy atom. The number of nitrogens with zero attached hydrogens (tertiary/aromatic N) is 1. The van der Waals surface area contributed by atoms with Crippen molar-refractivity contribution >= 4 is 23.4 Å². The number of halogens is 1. The number of anilines is 1. The Bertz CT molecular complexity index is 637. The van der Waals surface area contributed by atoms with Gasteiger partial charge in [0.15, 0.2) is 11.5 Å². The topological polar surface area (TPSA) is 60.0 Å². The summed E-state index contributed by atoms with van der Waals surface area (Å²) in [6, 6.07) is 3.65. The predicted molar refractivity (Wildman–Crippen MR) is 96.6 cm³/mol. The van der Waals surface area contributed by atoms with Crippen LogP contribution in [0.2, 0.25) is 5.02 Å². The van der Waals surface area contributed by atoms with Gasteiger partial charge < -0.3 is 24.4 Å². The van der Waals surface area contributed by atoms with E-state index in [9.17, 15) is 4.79 Å². The van der Waals surface area contributed by atoms with Crippen molar-refractivity contribution in [3.05, 3.63) is 17.2 Å². The molecule has 2 aliphatic rings. The van der Waals surface area contributed by atoms with E-state index < -0.39 is 5.60 Å². The number of carbonyl (C=O) groups is 1. The molecule has 3 rings (SSSR count). The van der Waals surface area contributed by atoms with Gasteiger partial charge in [0.25, 0.3) is 0 Å². The average molecular weight is 369 g/mol. The fraction of sp³-hybridized carbons (Fsp3) is 0.611. The second kappa shape index (κ2) is 7.20. The van der Waals surface area contributed by atoms with Crippen molar-refractivity contribution in [3.8, 4) is 11.5 Å². The molecule has 138 valence electrons. The maximum Gasteiger partial charge on any atom is 0.410 e. The number of ether oxygens (including phenoxy) is 3. The molecule has 0 aromatic heterocycles. The van der Waals surface area contributed by atoms with Gasteiger partial charge in [0.05, 0.1) is 10.7 Å². The standard InChI is InChI=1S/C18H25ClN2O4/c1-18(2,3)25-17(22)21-6-4-12(5-7-21)10-20-14-9-16-15(8-13(14)19)23-11-24-16/h8-9,12,20H,4-7,10-11H2,1-3H3. The molecule has 25 heavy (non-hydrogen) atoms. The zero-order chi connectivity index (χ0) is 18.0. The maximum absolute atomic E-state index is 12.1. The first-order valence-corrected chi connectivity index (χ1v) is 9.00. The molecule has 1 saturated heterocycles. The van der Waals surface area contributed by atoms with Crippen LogP contribution in [0.15, 0.2) is 12.1 Å². The molecule has 6 nitrogen and oxygen atoms in total. The Morgan fingerprint density at radius 1 is 1.28 bits per heavy atom. The van der Waals surface area contributed by atoms with Crippen LogP contribution in [-0.2, 0) is 4.74 Å². The number of carbonyl (C=O) groups excluding carboxylic acids is 1. The van der Waals surface area contributed by atoms with E-state index in [-0.39, 0.29) is 12.9 Å². The second-order valence-corrected chi connectivity index (χ2v) is 7.88. The molecule has 1 amide bonds. The lowest BCUT2D eigenvalue weighted by Crippen LogP contribution is -2.42. The number of nitrogens with one attached hydrogen (secondary N) is 1. The molecule has 1 fully saturated rings. The van der Waals surface area contributed by atoms with E-state index in [1.807, 2.05) is 26.8 Å². The van der Waals surface area contributed by atoms with Gasteiger partial charge in [-0.2, -0.15) is 0 Å². The van der Waals surface area contributed by atoms with Crippen molar-refractivity contribution in [2.75, 3.05) is 31.7 Å². The van der Waals surface area contributed by atoms with Crippen LogP contribution in [0, 0.1) is 5.92 Å². The van der Waals surface area contributed by atoms with Gasteiger partial charge in [0.2, 0.25) is 6.79 Å². The summed E-state index contributed by atoms with van der Waals surface area (Å²) in [6.45, 7) is 8.13. The van der Waals surface area contributed by atoms with Crippen LogP contribution in [0.1, 0.15) is 33.6 Å². The Hall–Kier alpha value is -1.82. The van der Waals surface area contributed by atoms with E-state index in [2.05, 4.69) is 5.32 Å². The minimum Gasteiger partial charge on any atom is -0.454 e. The molecule has 0 aliphatic carbocycles. The number of piperidine rings is 1. The van der Waals surface area contributed by atoms with E-state index in [1.165, 1.54) is 0 Å². The molecule has 1 N–H and O–H groups in total. The van der Waals surface area contributed by atoms with E-state index >= 15 is 0 Å². The van der Waals surface area contributed by atoms with Gasteiger partial charge in [-0.25, -0.2) is 4.79 Å². The quantitative estimate of drug-likeness (QED) is 0.869. The van der Waals surface area contributed by atoms with Gasteiger partial charge in [-0.3, -0.25) is 0 Å². The number of amides is 1. The van der Waals surface area contributed by atoms with Gasteiger partial charge >= 0.3 is 6.09 Å². The maximum atomic E-state index is 12.1. The summed E-state index contributed by atoms with van der Waals surface area (Å²) in [4.78, 5) is 13.9. The zero-order valence-corrected chi connectivity index (χ0v) is 15.7. The number of benzene rings is 1. The van der Waals surface area contributed by atoms with Crippen LogP contribution in [0.25, 0.3) is 0 Å². The molecule has 0 spiro atoms. The normalized spacial score (nSPS) is 17.5. The summed E-state index contributed by atoms with van der Waals surface area (Å²) in [7, 11) is 0. The van der Waals surface area contributed by atoms with E-state index in [4.69, 9.17) is 25.8 Å². The average Bonchev–Trinajstić information content (AvgIpc) is 2.98. The van der Waals surface area contributed by atoms with Gasteiger partial charge in [-0.15, -0.1) is 0 Å². The summed E-state index contributed by atoms with van der Waals surface area (Å²) in [5.74, 6) is 1.88. The third kappa shape index (κ3) is 4.63. The monoisotopic (exact) mass is 368 g/mol. The highest BCUT2D eigenvalue weighted by Gasteiger charge is 2.27. The first-order chi connectivity index (χ1) is 11.8. The number of hydrogen-bond acceptors (Lipinski definition) is 5. The van der Waals surface area contributed by atoms with Gasteiger partial charge in [0, 0.05) is 31.8 Å². The van der Waals surface area contributed by atoms with Gasteiger partial charge in [-0.05, 0) is 39.5 Å². The molecule has 2 heterocycles. The van der Waals surface area contributed by atoms with E-state index in [0.29, 0.717) is 22.4 Å². The van der Waals surface area contributed by atoms with Crippen LogP contribution in [0.5, 0.6) is 11.5 Å². The largest absolute Gasteiger partial charge is 0.454 e. The molecule has 1 aromatic rings. The molecular formula is C18H25ClN2O4. The number of rotatable bonds is 3. The Labute approximate surface area is 153 Å². The van der Waals surface area contributed by atoms with Crippen molar-refractivity contribution in [2.24, 2.45) is 5.92 Å². The van der Waals surface area contributed by atoms with Crippen molar-refractivity contribution in [3.63, 3.8) is 0 Å². The molecule has 2 aliphatic heterocycles. The first-order valence-electron chi connectivity index (χ1n) is 8.63. The molecule has 0 saturated carbocycles. The Balaban J connectivity index is 1.48. The third-order valence-electron chi connectivity index (χ3n) is 4.31. The van der Waals surface area contributed by atoms with Crippen LogP contribution in [-0.4, -0.2) is 43.0 Å². The highest BCUT2D eigenvalue weighted by Crippen LogP contribution is 2.39. The summed E-state index contributed by atoms with van der Waals surface area (Å²) < 4.78 is 16.1. The molecule has 0 unspecified atom stereocenters. The van der Waals surface area contributed by atoms with Crippen molar-refractivity contribution < 1.29 is 19.0 Å². The van der Waals surface area contributed by atoms with Crippen molar-refractivity contribution in [1.82, 2.24) is 4.90 Å². The van der Waals surface area contributed by atoms with E-state index in [1.54, 1.807) is 11.0 Å². The van der Waals surface area contributed by atoms with Crippen LogP contribution in [0.4, 0.5) is 10.5 Å². The van der Waals surface area contributed by atoms with Crippen molar-refractivity contribution in [2.45, 2.75) is 39.2 Å². The number of likely N-dealkylation sites (tertiary alicyclic amines) is 1. The smallest absolute Gasteiger partial charge is 0.410 e. The highest BCUT2D eigenvalue weighted by molar-refractivity contribution is 6.33. The van der Waals surface area contributed by atoms with Crippen LogP contribution in [0.3, 0.4) is 0 Å². The summed E-state index contributed by atoms with van der Waals surface area (Å²) in [6.07, 6.45) is 1.65. The minimum absolute atomic E-state index is 0.224. The third-order valence-corrected chi connectivity index (χ3v) is 4.62. The number of hydrogen-bond donors (Lipinski definition) is 1. The summed E-state index contributed by atoms with van der Waals surface area (Å²) in [5, 5.41) is 4.01. The summed E-state index contributed by atoms with van der Waals surface area (Å²) in [5.41, 5.74) is 0.395.